The van der Waals surface area contributed by atoms with Gasteiger partial charge >= 0.3 is 0 Å². The van der Waals surface area contributed by atoms with Crippen LogP contribution in [0.1, 0.15) is 11.1 Å². The molecular formula is C16H14N2O2. The molecule has 2 aromatic carbocycles. The summed E-state index contributed by atoms with van der Waals surface area (Å²) in [6.45, 7) is 3.93. The zero-order valence-corrected chi connectivity index (χ0v) is 11.3. The van der Waals surface area contributed by atoms with Crippen LogP contribution in [0.4, 0.5) is 0 Å². The van der Waals surface area contributed by atoms with Gasteiger partial charge in [0.15, 0.2) is 0 Å². The molecule has 1 aromatic heterocycles. The van der Waals surface area contributed by atoms with Crippen molar-refractivity contribution >= 4 is 0 Å². The van der Waals surface area contributed by atoms with Gasteiger partial charge in [0, 0.05) is 11.1 Å². The largest absolute Gasteiger partial charge is 0.508 e. The summed E-state index contributed by atoms with van der Waals surface area (Å²) in [6, 6.07) is 13.0. The molecule has 0 aliphatic heterocycles. The third kappa shape index (κ3) is 2.28. The van der Waals surface area contributed by atoms with Crippen molar-refractivity contribution in [3.8, 4) is 28.6 Å². The summed E-state index contributed by atoms with van der Waals surface area (Å²) in [5.74, 6) is 1.25. The minimum atomic E-state index is 0.226. The van der Waals surface area contributed by atoms with Crippen LogP contribution in [0.2, 0.25) is 0 Å². The summed E-state index contributed by atoms with van der Waals surface area (Å²) in [5.41, 5.74) is 3.83. The molecule has 100 valence electrons. The minimum absolute atomic E-state index is 0.226. The molecule has 4 heteroatoms. The van der Waals surface area contributed by atoms with Gasteiger partial charge < -0.3 is 9.63 Å². The number of hydrogen-bond donors (Lipinski definition) is 1. The van der Waals surface area contributed by atoms with Crippen molar-refractivity contribution < 1.29 is 9.63 Å². The third-order valence-corrected chi connectivity index (χ3v) is 3.18. The van der Waals surface area contributed by atoms with Crippen LogP contribution in [0.15, 0.2) is 47.0 Å². The molecule has 0 aliphatic carbocycles. The lowest BCUT2D eigenvalue weighted by atomic mass is 10.1. The highest BCUT2D eigenvalue weighted by Crippen LogP contribution is 2.27. The number of aromatic nitrogens is 2. The van der Waals surface area contributed by atoms with Crippen LogP contribution in [0, 0.1) is 13.8 Å². The van der Waals surface area contributed by atoms with E-state index in [2.05, 4.69) is 10.1 Å². The topological polar surface area (TPSA) is 59.2 Å². The summed E-state index contributed by atoms with van der Waals surface area (Å²) in [7, 11) is 0. The van der Waals surface area contributed by atoms with Gasteiger partial charge in [-0.3, -0.25) is 0 Å². The summed E-state index contributed by atoms with van der Waals surface area (Å²) in [6.07, 6.45) is 0. The van der Waals surface area contributed by atoms with E-state index in [0.717, 1.165) is 16.7 Å². The molecule has 0 saturated heterocycles. The number of benzene rings is 2. The Hall–Kier alpha value is -2.62. The number of phenolic OH excluding ortho intramolecular Hbond substituents is 1. The number of hydrogen-bond acceptors (Lipinski definition) is 4. The van der Waals surface area contributed by atoms with Crippen LogP contribution in [-0.2, 0) is 0 Å². The van der Waals surface area contributed by atoms with Crippen molar-refractivity contribution in [2.75, 3.05) is 0 Å². The second-order valence-electron chi connectivity index (χ2n) is 4.79. The maximum Gasteiger partial charge on any atom is 0.258 e. The summed E-state index contributed by atoms with van der Waals surface area (Å²) in [4.78, 5) is 4.41. The smallest absolute Gasteiger partial charge is 0.258 e. The van der Waals surface area contributed by atoms with Crippen LogP contribution in [0.3, 0.4) is 0 Å². The third-order valence-electron chi connectivity index (χ3n) is 3.18. The molecular weight excluding hydrogens is 252 g/mol. The van der Waals surface area contributed by atoms with Gasteiger partial charge in [-0.05, 0) is 37.6 Å². The Morgan fingerprint density at radius 1 is 1.00 bits per heavy atom. The van der Waals surface area contributed by atoms with Gasteiger partial charge in [-0.1, -0.05) is 35.0 Å². The van der Waals surface area contributed by atoms with Crippen molar-refractivity contribution in [2.45, 2.75) is 13.8 Å². The number of aryl methyl sites for hydroxylation is 2. The van der Waals surface area contributed by atoms with E-state index in [1.165, 1.54) is 5.56 Å². The molecule has 20 heavy (non-hydrogen) atoms. The Kier molecular flexibility index (Phi) is 2.99. The lowest BCUT2D eigenvalue weighted by Gasteiger charge is -2.00. The normalized spacial score (nSPS) is 10.7. The van der Waals surface area contributed by atoms with E-state index in [1.54, 1.807) is 18.2 Å². The number of nitrogens with zero attached hydrogens (tertiary/aromatic N) is 2. The van der Waals surface area contributed by atoms with Gasteiger partial charge in [0.05, 0.1) is 0 Å². The summed E-state index contributed by atoms with van der Waals surface area (Å²) in [5, 5.41) is 13.4. The van der Waals surface area contributed by atoms with Crippen molar-refractivity contribution in [2.24, 2.45) is 0 Å². The molecule has 1 N–H and O–H groups in total. The fraction of sp³-hybridized carbons (Fsp3) is 0.125. The lowest BCUT2D eigenvalue weighted by Crippen LogP contribution is -1.84. The number of phenols is 1. The first-order valence-corrected chi connectivity index (χ1v) is 6.34. The lowest BCUT2D eigenvalue weighted by molar-refractivity contribution is 0.432. The van der Waals surface area contributed by atoms with Gasteiger partial charge in [-0.2, -0.15) is 4.98 Å². The summed E-state index contributed by atoms with van der Waals surface area (Å²) < 4.78 is 5.31. The number of aromatic hydroxyl groups is 1. The van der Waals surface area contributed by atoms with Gasteiger partial charge in [0.1, 0.15) is 5.75 Å². The molecule has 0 atom stereocenters. The fourth-order valence-corrected chi connectivity index (χ4v) is 2.04. The van der Waals surface area contributed by atoms with E-state index >= 15 is 0 Å². The number of rotatable bonds is 2. The van der Waals surface area contributed by atoms with Crippen LogP contribution in [-0.4, -0.2) is 15.2 Å². The molecule has 0 spiro atoms. The average Bonchev–Trinajstić information content (AvgIpc) is 2.89. The maximum absolute atomic E-state index is 9.43. The second-order valence-corrected chi connectivity index (χ2v) is 4.79. The van der Waals surface area contributed by atoms with Gasteiger partial charge in [-0.15, -0.1) is 0 Å². The van der Waals surface area contributed by atoms with Crippen molar-refractivity contribution in [3.63, 3.8) is 0 Å². The molecule has 0 fully saturated rings. The van der Waals surface area contributed by atoms with E-state index < -0.39 is 0 Å². The van der Waals surface area contributed by atoms with Crippen LogP contribution < -0.4 is 0 Å². The Bertz CT molecular complexity index is 745. The SMILES string of the molecule is Cc1ccc(-c2noc(-c3ccc(O)cc3C)n2)cc1. The van der Waals surface area contributed by atoms with Crippen molar-refractivity contribution in [1.29, 1.82) is 0 Å². The van der Waals surface area contributed by atoms with Crippen LogP contribution in [0.5, 0.6) is 5.75 Å². The van der Waals surface area contributed by atoms with E-state index in [4.69, 9.17) is 4.52 Å². The Morgan fingerprint density at radius 3 is 2.45 bits per heavy atom. The predicted molar refractivity (Wildman–Crippen MR) is 76.3 cm³/mol. The maximum atomic E-state index is 9.43. The minimum Gasteiger partial charge on any atom is -0.508 e. The molecule has 0 saturated carbocycles. The Labute approximate surface area is 116 Å². The molecule has 0 bridgehead atoms. The average molecular weight is 266 g/mol. The summed E-state index contributed by atoms with van der Waals surface area (Å²) >= 11 is 0. The molecule has 1 heterocycles. The van der Waals surface area contributed by atoms with Crippen molar-refractivity contribution in [3.05, 3.63) is 53.6 Å². The molecule has 0 radical (unpaired) electrons. The molecule has 0 aliphatic rings. The highest BCUT2D eigenvalue weighted by molar-refractivity contribution is 5.63. The van der Waals surface area contributed by atoms with Crippen LogP contribution >= 0.6 is 0 Å². The first-order chi connectivity index (χ1) is 9.63. The molecule has 3 rings (SSSR count). The predicted octanol–water partition coefficient (Wildman–Crippen LogP) is 3.73. The molecule has 4 nitrogen and oxygen atoms in total. The molecule has 0 amide bonds. The highest BCUT2D eigenvalue weighted by Gasteiger charge is 2.12. The van der Waals surface area contributed by atoms with Crippen molar-refractivity contribution in [1.82, 2.24) is 10.1 Å². The zero-order chi connectivity index (χ0) is 14.1. The highest BCUT2D eigenvalue weighted by atomic mass is 16.5. The van der Waals surface area contributed by atoms with E-state index in [-0.39, 0.29) is 5.75 Å². The quantitative estimate of drug-likeness (QED) is 0.767. The van der Waals surface area contributed by atoms with Gasteiger partial charge in [0.2, 0.25) is 5.82 Å². The second kappa shape index (κ2) is 4.81. The zero-order valence-electron chi connectivity index (χ0n) is 11.3. The Morgan fingerprint density at radius 2 is 1.75 bits per heavy atom. The van der Waals surface area contributed by atoms with E-state index in [9.17, 15) is 5.11 Å². The molecule has 0 unspecified atom stereocenters. The Balaban J connectivity index is 1.99. The first-order valence-electron chi connectivity index (χ1n) is 6.34. The standard InChI is InChI=1S/C16H14N2O2/c1-10-3-5-12(6-4-10)15-17-16(20-18-15)14-8-7-13(19)9-11(14)2/h3-9,19H,1-2H3. The van der Waals surface area contributed by atoms with Crippen LogP contribution in [0.25, 0.3) is 22.8 Å². The fourth-order valence-electron chi connectivity index (χ4n) is 2.04. The monoisotopic (exact) mass is 266 g/mol. The van der Waals surface area contributed by atoms with E-state index in [1.807, 2.05) is 38.1 Å². The van der Waals surface area contributed by atoms with E-state index in [0.29, 0.717) is 11.7 Å². The first kappa shape index (κ1) is 12.4. The van der Waals surface area contributed by atoms with Gasteiger partial charge in [0.25, 0.3) is 5.89 Å². The molecule has 3 aromatic rings. The van der Waals surface area contributed by atoms with Gasteiger partial charge in [-0.25, -0.2) is 0 Å².